The Hall–Kier alpha value is -0.400. The van der Waals surface area contributed by atoms with Gasteiger partial charge in [0.25, 0.3) is 10.0 Å². The van der Waals surface area contributed by atoms with Crippen LogP contribution in [0.15, 0.2) is 17.6 Å². The third-order valence-corrected chi connectivity index (χ3v) is 4.45. The normalized spacial score (nSPS) is 14.0. The molecular weight excluding hydrogens is 282 g/mol. The predicted molar refractivity (Wildman–Crippen MR) is 61.4 cm³/mol. The average molecular weight is 296 g/mol. The van der Waals surface area contributed by atoms with Crippen molar-refractivity contribution >= 4 is 26.0 Å². The van der Waals surface area contributed by atoms with Crippen molar-refractivity contribution in [2.75, 3.05) is 6.54 Å². The van der Waals surface area contributed by atoms with Crippen LogP contribution in [0.4, 0.5) is 0 Å². The molecule has 0 aliphatic heterocycles. The Morgan fingerprint density at radius 1 is 1.67 bits per heavy atom. The van der Waals surface area contributed by atoms with Crippen LogP contribution >= 0.6 is 15.9 Å². The summed E-state index contributed by atoms with van der Waals surface area (Å²) in [5.41, 5.74) is 0. The van der Waals surface area contributed by atoms with E-state index in [9.17, 15) is 8.42 Å². The molecule has 0 aromatic carbocycles. The van der Waals surface area contributed by atoms with E-state index in [0.29, 0.717) is 11.4 Å². The van der Waals surface area contributed by atoms with Gasteiger partial charge in [-0.25, -0.2) is 18.1 Å². The number of H-pyrrole nitrogens is 1. The average Bonchev–Trinajstić information content (AvgIpc) is 2.70. The van der Waals surface area contributed by atoms with Crippen LogP contribution in [0.2, 0.25) is 0 Å². The van der Waals surface area contributed by atoms with Gasteiger partial charge < -0.3 is 4.98 Å². The zero-order valence-corrected chi connectivity index (χ0v) is 10.8. The van der Waals surface area contributed by atoms with E-state index in [0.717, 1.165) is 12.8 Å². The SMILES string of the molecule is CCC(Br)CCNS(=O)(=O)c1cnc[nH]1. The van der Waals surface area contributed by atoms with Gasteiger partial charge >= 0.3 is 0 Å². The number of imidazole rings is 1. The van der Waals surface area contributed by atoms with Gasteiger partial charge in [-0.15, -0.1) is 0 Å². The van der Waals surface area contributed by atoms with Crippen LogP contribution in [0.3, 0.4) is 0 Å². The van der Waals surface area contributed by atoms with Crippen molar-refractivity contribution in [3.63, 3.8) is 0 Å². The zero-order valence-electron chi connectivity index (χ0n) is 8.40. The van der Waals surface area contributed by atoms with Crippen LogP contribution in [0.1, 0.15) is 19.8 Å². The minimum Gasteiger partial charge on any atom is -0.335 e. The second kappa shape index (κ2) is 5.62. The van der Waals surface area contributed by atoms with Gasteiger partial charge in [0, 0.05) is 11.4 Å². The molecule has 0 aliphatic carbocycles. The summed E-state index contributed by atoms with van der Waals surface area (Å²) in [6.07, 6.45) is 4.37. The van der Waals surface area contributed by atoms with E-state index >= 15 is 0 Å². The van der Waals surface area contributed by atoms with Crippen molar-refractivity contribution < 1.29 is 8.42 Å². The lowest BCUT2D eigenvalue weighted by atomic mass is 10.2. The van der Waals surface area contributed by atoms with Crippen LogP contribution in [-0.2, 0) is 10.0 Å². The second-order valence-electron chi connectivity index (χ2n) is 3.11. The van der Waals surface area contributed by atoms with E-state index in [-0.39, 0.29) is 5.03 Å². The number of aromatic nitrogens is 2. The number of rotatable bonds is 6. The Morgan fingerprint density at radius 2 is 2.40 bits per heavy atom. The van der Waals surface area contributed by atoms with Crippen LogP contribution in [-0.4, -0.2) is 29.8 Å². The van der Waals surface area contributed by atoms with Gasteiger partial charge in [-0.3, -0.25) is 0 Å². The lowest BCUT2D eigenvalue weighted by Crippen LogP contribution is -2.26. The highest BCUT2D eigenvalue weighted by molar-refractivity contribution is 9.09. The maximum Gasteiger partial charge on any atom is 0.257 e. The molecule has 0 fully saturated rings. The smallest absolute Gasteiger partial charge is 0.257 e. The summed E-state index contributed by atoms with van der Waals surface area (Å²) in [5.74, 6) is 0. The molecule has 1 rings (SSSR count). The quantitative estimate of drug-likeness (QED) is 0.776. The maximum atomic E-state index is 11.6. The van der Waals surface area contributed by atoms with Crippen molar-refractivity contribution in [2.45, 2.75) is 29.6 Å². The predicted octanol–water partition coefficient (Wildman–Crippen LogP) is 1.25. The number of aromatic amines is 1. The molecular formula is C8H14BrN3O2S. The van der Waals surface area contributed by atoms with E-state index in [1.54, 1.807) is 0 Å². The van der Waals surface area contributed by atoms with Gasteiger partial charge in [-0.1, -0.05) is 22.9 Å². The Morgan fingerprint density at radius 3 is 2.93 bits per heavy atom. The molecule has 0 bridgehead atoms. The Balaban J connectivity index is 2.45. The summed E-state index contributed by atoms with van der Waals surface area (Å²) in [6.45, 7) is 2.47. The molecule has 0 spiro atoms. The lowest BCUT2D eigenvalue weighted by Gasteiger charge is -2.07. The molecule has 1 aromatic rings. The second-order valence-corrected chi connectivity index (χ2v) is 6.14. The Kier molecular flexibility index (Phi) is 4.75. The van der Waals surface area contributed by atoms with Gasteiger partial charge in [-0.2, -0.15) is 0 Å². The minimum absolute atomic E-state index is 0.102. The van der Waals surface area contributed by atoms with E-state index in [2.05, 4.69) is 30.6 Å². The molecule has 86 valence electrons. The molecule has 0 aliphatic rings. The molecule has 0 saturated heterocycles. The van der Waals surface area contributed by atoms with E-state index in [4.69, 9.17) is 0 Å². The first-order valence-corrected chi connectivity index (χ1v) is 7.08. The molecule has 5 nitrogen and oxygen atoms in total. The maximum absolute atomic E-state index is 11.6. The van der Waals surface area contributed by atoms with E-state index in [1.807, 2.05) is 6.92 Å². The van der Waals surface area contributed by atoms with Gasteiger partial charge in [-0.05, 0) is 12.8 Å². The van der Waals surface area contributed by atoms with Crippen molar-refractivity contribution in [1.29, 1.82) is 0 Å². The first kappa shape index (κ1) is 12.7. The lowest BCUT2D eigenvalue weighted by molar-refractivity contribution is 0.574. The zero-order chi connectivity index (χ0) is 11.3. The van der Waals surface area contributed by atoms with Gasteiger partial charge in [0.2, 0.25) is 0 Å². The van der Waals surface area contributed by atoms with Gasteiger partial charge in [0.05, 0.1) is 12.5 Å². The number of nitrogens with zero attached hydrogens (tertiary/aromatic N) is 1. The molecule has 0 radical (unpaired) electrons. The highest BCUT2D eigenvalue weighted by Gasteiger charge is 2.14. The first-order valence-electron chi connectivity index (χ1n) is 4.68. The summed E-state index contributed by atoms with van der Waals surface area (Å²) in [4.78, 5) is 6.57. The molecule has 15 heavy (non-hydrogen) atoms. The standard InChI is InChI=1S/C8H14BrN3O2S/c1-2-7(9)3-4-12-15(13,14)8-5-10-6-11-8/h5-7,12H,2-4H2,1H3,(H,10,11). The molecule has 1 unspecified atom stereocenters. The number of nitrogens with one attached hydrogen (secondary N) is 2. The van der Waals surface area contributed by atoms with E-state index < -0.39 is 10.0 Å². The summed E-state index contributed by atoms with van der Waals surface area (Å²) in [5, 5.41) is 0.102. The van der Waals surface area contributed by atoms with Crippen molar-refractivity contribution in [3.8, 4) is 0 Å². The number of halogens is 1. The van der Waals surface area contributed by atoms with Gasteiger partial charge in [0.15, 0.2) is 5.03 Å². The van der Waals surface area contributed by atoms with Gasteiger partial charge in [0.1, 0.15) is 0 Å². The molecule has 2 N–H and O–H groups in total. The van der Waals surface area contributed by atoms with Crippen molar-refractivity contribution in [2.24, 2.45) is 0 Å². The van der Waals surface area contributed by atoms with Crippen molar-refractivity contribution in [3.05, 3.63) is 12.5 Å². The summed E-state index contributed by atoms with van der Waals surface area (Å²) in [7, 11) is -3.41. The highest BCUT2D eigenvalue weighted by atomic mass is 79.9. The summed E-state index contributed by atoms with van der Waals surface area (Å²) < 4.78 is 25.6. The third kappa shape index (κ3) is 3.92. The minimum atomic E-state index is -3.41. The third-order valence-electron chi connectivity index (χ3n) is 1.96. The largest absolute Gasteiger partial charge is 0.335 e. The fraction of sp³-hybridized carbons (Fsp3) is 0.625. The fourth-order valence-corrected chi connectivity index (χ4v) is 2.20. The van der Waals surface area contributed by atoms with E-state index in [1.165, 1.54) is 12.5 Å². The number of sulfonamides is 1. The van der Waals surface area contributed by atoms with Crippen molar-refractivity contribution in [1.82, 2.24) is 14.7 Å². The Bertz CT molecular complexity index is 377. The van der Waals surface area contributed by atoms with Crippen LogP contribution < -0.4 is 4.72 Å². The number of hydrogen-bond acceptors (Lipinski definition) is 3. The fourth-order valence-electron chi connectivity index (χ4n) is 1.02. The van der Waals surface area contributed by atoms with Crippen LogP contribution in [0.25, 0.3) is 0 Å². The molecule has 1 heterocycles. The summed E-state index contributed by atoms with van der Waals surface area (Å²) >= 11 is 3.44. The van der Waals surface area contributed by atoms with Crippen LogP contribution in [0, 0.1) is 0 Å². The molecule has 0 amide bonds. The monoisotopic (exact) mass is 295 g/mol. The molecule has 1 aromatic heterocycles. The van der Waals surface area contributed by atoms with Crippen LogP contribution in [0.5, 0.6) is 0 Å². The topological polar surface area (TPSA) is 74.8 Å². The molecule has 0 saturated carbocycles. The first-order chi connectivity index (χ1) is 7.06. The molecule has 7 heteroatoms. The molecule has 1 atom stereocenters. The highest BCUT2D eigenvalue weighted by Crippen LogP contribution is 2.09. The summed E-state index contributed by atoms with van der Waals surface area (Å²) in [6, 6.07) is 0. The Labute approximate surface area is 97.9 Å². The number of alkyl halides is 1. The number of hydrogen-bond donors (Lipinski definition) is 2.